The quantitative estimate of drug-likeness (QED) is 0.526. The van der Waals surface area contributed by atoms with Gasteiger partial charge in [-0.2, -0.15) is 5.10 Å². The van der Waals surface area contributed by atoms with Crippen LogP contribution < -0.4 is 11.3 Å². The van der Waals surface area contributed by atoms with Crippen LogP contribution in [0.2, 0.25) is 0 Å². The number of nitrogens with two attached hydrogens (primary N) is 1. The highest BCUT2D eigenvalue weighted by molar-refractivity contribution is 7.91. The maximum absolute atomic E-state index is 11.4. The Bertz CT molecular complexity index is 440. The number of aryl methyl sites for hydroxylation is 1. The minimum absolute atomic E-state index is 0.306. The standard InChI is InChI=1S/C9H18N4O2S/c1-7(16(3,14)15)9(12-10)4-8-5-11-13(2)6-8/h5-7,9,12H,4,10H2,1-3H3. The third-order valence-corrected chi connectivity index (χ3v) is 4.35. The van der Waals surface area contributed by atoms with E-state index in [-0.39, 0.29) is 6.04 Å². The first-order chi connectivity index (χ1) is 7.34. The Morgan fingerprint density at radius 1 is 1.62 bits per heavy atom. The molecular weight excluding hydrogens is 228 g/mol. The molecular formula is C9H18N4O2S. The zero-order valence-corrected chi connectivity index (χ0v) is 10.5. The van der Waals surface area contributed by atoms with E-state index in [4.69, 9.17) is 5.84 Å². The van der Waals surface area contributed by atoms with Crippen LogP contribution in [0.25, 0.3) is 0 Å². The molecule has 92 valence electrons. The fourth-order valence-electron chi connectivity index (χ4n) is 1.49. The van der Waals surface area contributed by atoms with Crippen LogP contribution in [0.4, 0.5) is 0 Å². The van der Waals surface area contributed by atoms with E-state index in [0.717, 1.165) is 5.56 Å². The lowest BCUT2D eigenvalue weighted by Gasteiger charge is -2.21. The first-order valence-electron chi connectivity index (χ1n) is 4.97. The van der Waals surface area contributed by atoms with Gasteiger partial charge in [0.05, 0.1) is 11.4 Å². The van der Waals surface area contributed by atoms with Gasteiger partial charge in [-0.15, -0.1) is 0 Å². The predicted molar refractivity (Wildman–Crippen MR) is 62.3 cm³/mol. The Morgan fingerprint density at radius 2 is 2.25 bits per heavy atom. The first kappa shape index (κ1) is 13.1. The molecule has 16 heavy (non-hydrogen) atoms. The van der Waals surface area contributed by atoms with E-state index in [1.165, 1.54) is 6.26 Å². The summed E-state index contributed by atoms with van der Waals surface area (Å²) in [5.41, 5.74) is 3.51. The molecule has 7 heteroatoms. The Hall–Kier alpha value is -0.920. The maximum atomic E-state index is 11.4. The molecule has 0 saturated carbocycles. The van der Waals surface area contributed by atoms with Gasteiger partial charge in [-0.25, -0.2) is 8.42 Å². The molecule has 0 aliphatic carbocycles. The fraction of sp³-hybridized carbons (Fsp3) is 0.667. The van der Waals surface area contributed by atoms with Crippen molar-refractivity contribution in [2.24, 2.45) is 12.9 Å². The van der Waals surface area contributed by atoms with Crippen molar-refractivity contribution in [1.29, 1.82) is 0 Å². The van der Waals surface area contributed by atoms with E-state index in [0.29, 0.717) is 6.42 Å². The monoisotopic (exact) mass is 246 g/mol. The normalized spacial score (nSPS) is 16.0. The number of hydrogen-bond acceptors (Lipinski definition) is 5. The number of rotatable bonds is 5. The number of nitrogens with zero attached hydrogens (tertiary/aromatic N) is 2. The molecule has 0 saturated heterocycles. The SMILES string of the molecule is CC(C(Cc1cnn(C)c1)NN)S(C)(=O)=O. The van der Waals surface area contributed by atoms with Crippen LogP contribution in [0, 0.1) is 0 Å². The highest BCUT2D eigenvalue weighted by Crippen LogP contribution is 2.10. The molecule has 0 aromatic carbocycles. The minimum Gasteiger partial charge on any atom is -0.276 e. The molecule has 0 radical (unpaired) electrons. The van der Waals surface area contributed by atoms with E-state index in [1.54, 1.807) is 17.8 Å². The van der Waals surface area contributed by atoms with Gasteiger partial charge in [0.2, 0.25) is 0 Å². The van der Waals surface area contributed by atoms with Crippen molar-refractivity contribution in [2.45, 2.75) is 24.6 Å². The summed E-state index contributed by atoms with van der Waals surface area (Å²) in [5, 5.41) is 3.49. The van der Waals surface area contributed by atoms with Gasteiger partial charge >= 0.3 is 0 Å². The Balaban J connectivity index is 2.77. The van der Waals surface area contributed by atoms with Crippen molar-refractivity contribution in [3.63, 3.8) is 0 Å². The van der Waals surface area contributed by atoms with Crippen LogP contribution in [0.15, 0.2) is 12.4 Å². The van der Waals surface area contributed by atoms with Gasteiger partial charge in [-0.1, -0.05) is 0 Å². The number of nitrogens with one attached hydrogen (secondary N) is 1. The number of sulfone groups is 1. The molecule has 1 heterocycles. The summed E-state index contributed by atoms with van der Waals surface area (Å²) < 4.78 is 24.5. The summed E-state index contributed by atoms with van der Waals surface area (Å²) in [6.45, 7) is 1.65. The molecule has 2 unspecified atom stereocenters. The second-order valence-corrected chi connectivity index (χ2v) is 6.44. The summed E-state index contributed by atoms with van der Waals surface area (Å²) in [6.07, 6.45) is 5.31. The molecule has 0 aliphatic heterocycles. The Kier molecular flexibility index (Phi) is 4.06. The molecule has 1 aromatic rings. The summed E-state index contributed by atoms with van der Waals surface area (Å²) in [4.78, 5) is 0. The van der Waals surface area contributed by atoms with Crippen LogP contribution in [-0.4, -0.2) is 35.7 Å². The van der Waals surface area contributed by atoms with E-state index in [2.05, 4.69) is 10.5 Å². The molecule has 0 fully saturated rings. The highest BCUT2D eigenvalue weighted by atomic mass is 32.2. The van der Waals surface area contributed by atoms with Crippen molar-refractivity contribution in [3.8, 4) is 0 Å². The summed E-state index contributed by atoms with van der Waals surface area (Å²) in [5.74, 6) is 5.38. The zero-order chi connectivity index (χ0) is 12.3. The second kappa shape index (κ2) is 4.94. The van der Waals surface area contributed by atoms with Crippen LogP contribution in [0.5, 0.6) is 0 Å². The van der Waals surface area contributed by atoms with Crippen molar-refractivity contribution in [2.75, 3.05) is 6.26 Å². The molecule has 0 spiro atoms. The third-order valence-electron chi connectivity index (χ3n) is 2.67. The van der Waals surface area contributed by atoms with Crippen molar-refractivity contribution < 1.29 is 8.42 Å². The third kappa shape index (κ3) is 3.29. The van der Waals surface area contributed by atoms with E-state index < -0.39 is 15.1 Å². The van der Waals surface area contributed by atoms with Crippen LogP contribution >= 0.6 is 0 Å². The molecule has 1 rings (SSSR count). The maximum Gasteiger partial charge on any atom is 0.151 e. The van der Waals surface area contributed by atoms with Gasteiger partial charge in [0, 0.05) is 25.5 Å². The average Bonchev–Trinajstić information content (AvgIpc) is 2.58. The molecule has 0 amide bonds. The second-order valence-electron chi connectivity index (χ2n) is 4.03. The Labute approximate surface area is 95.7 Å². The lowest BCUT2D eigenvalue weighted by atomic mass is 10.1. The molecule has 2 atom stereocenters. The van der Waals surface area contributed by atoms with Crippen LogP contribution in [0.3, 0.4) is 0 Å². The first-order valence-corrected chi connectivity index (χ1v) is 6.92. The van der Waals surface area contributed by atoms with Gasteiger partial charge in [-0.3, -0.25) is 16.0 Å². The van der Waals surface area contributed by atoms with Gasteiger partial charge in [0.25, 0.3) is 0 Å². The molecule has 6 nitrogen and oxygen atoms in total. The number of hydrazine groups is 1. The van der Waals surface area contributed by atoms with Crippen molar-refractivity contribution >= 4 is 9.84 Å². The number of aromatic nitrogens is 2. The van der Waals surface area contributed by atoms with Gasteiger partial charge in [0.1, 0.15) is 0 Å². The average molecular weight is 246 g/mol. The lowest BCUT2D eigenvalue weighted by Crippen LogP contribution is -2.47. The van der Waals surface area contributed by atoms with Crippen LogP contribution in [0.1, 0.15) is 12.5 Å². The molecule has 3 N–H and O–H groups in total. The predicted octanol–water partition coefficient (Wildman–Crippen LogP) is -0.772. The van der Waals surface area contributed by atoms with Gasteiger partial charge in [-0.05, 0) is 18.9 Å². The highest BCUT2D eigenvalue weighted by Gasteiger charge is 2.25. The topological polar surface area (TPSA) is 90.0 Å². The van der Waals surface area contributed by atoms with Gasteiger partial charge < -0.3 is 0 Å². The summed E-state index contributed by atoms with van der Waals surface area (Å²) in [6, 6.07) is -0.306. The van der Waals surface area contributed by atoms with E-state index >= 15 is 0 Å². The molecule has 1 aromatic heterocycles. The van der Waals surface area contributed by atoms with Crippen molar-refractivity contribution in [3.05, 3.63) is 18.0 Å². The summed E-state index contributed by atoms with van der Waals surface area (Å²) >= 11 is 0. The molecule has 0 aliphatic rings. The smallest absolute Gasteiger partial charge is 0.151 e. The fourth-order valence-corrected chi connectivity index (χ4v) is 2.26. The lowest BCUT2D eigenvalue weighted by molar-refractivity contribution is 0.494. The van der Waals surface area contributed by atoms with Gasteiger partial charge in [0.15, 0.2) is 9.84 Å². The minimum atomic E-state index is -3.10. The summed E-state index contributed by atoms with van der Waals surface area (Å²) in [7, 11) is -1.28. The van der Waals surface area contributed by atoms with Crippen molar-refractivity contribution in [1.82, 2.24) is 15.2 Å². The van der Waals surface area contributed by atoms with Crippen LogP contribution in [-0.2, 0) is 23.3 Å². The number of hydrogen-bond donors (Lipinski definition) is 2. The zero-order valence-electron chi connectivity index (χ0n) is 9.71. The Morgan fingerprint density at radius 3 is 2.62 bits per heavy atom. The van der Waals surface area contributed by atoms with E-state index in [9.17, 15) is 8.42 Å². The van der Waals surface area contributed by atoms with E-state index in [1.807, 2.05) is 13.2 Å². The largest absolute Gasteiger partial charge is 0.276 e. The molecule has 0 bridgehead atoms.